The summed E-state index contributed by atoms with van der Waals surface area (Å²) in [6.45, 7) is 4.10. The standard InChI is InChI=1S/C21H16N2OS2/c1-2-12-23-20(24)18-17(13-26-19(18)22-21(23)25)16-10-8-15(9-11-16)14-6-4-3-5-7-14/h2-11,13H,1,12H2,(H,22,25). The summed E-state index contributed by atoms with van der Waals surface area (Å²) >= 11 is 6.80. The summed E-state index contributed by atoms with van der Waals surface area (Å²) in [7, 11) is 0. The average Bonchev–Trinajstić information content (AvgIpc) is 3.10. The lowest BCUT2D eigenvalue weighted by Gasteiger charge is -2.06. The number of nitrogens with one attached hydrogen (secondary N) is 1. The molecule has 0 amide bonds. The Hall–Kier alpha value is -2.76. The molecule has 0 fully saturated rings. The monoisotopic (exact) mass is 376 g/mol. The number of H-pyrrole nitrogens is 1. The molecular weight excluding hydrogens is 360 g/mol. The predicted octanol–water partition coefficient (Wildman–Crippen LogP) is 5.64. The highest BCUT2D eigenvalue weighted by atomic mass is 32.1. The van der Waals surface area contributed by atoms with Crippen LogP contribution in [-0.4, -0.2) is 9.55 Å². The summed E-state index contributed by atoms with van der Waals surface area (Å²) in [4.78, 5) is 16.9. The molecule has 0 spiro atoms. The van der Waals surface area contributed by atoms with Gasteiger partial charge in [-0.05, 0) is 28.9 Å². The van der Waals surface area contributed by atoms with Crippen LogP contribution in [0.15, 0.2) is 77.4 Å². The van der Waals surface area contributed by atoms with Crippen molar-refractivity contribution >= 4 is 33.8 Å². The van der Waals surface area contributed by atoms with Crippen LogP contribution in [0.3, 0.4) is 0 Å². The fourth-order valence-corrected chi connectivity index (χ4v) is 4.32. The zero-order chi connectivity index (χ0) is 18.1. The Morgan fingerprint density at radius 3 is 2.38 bits per heavy atom. The van der Waals surface area contributed by atoms with Crippen LogP contribution in [0.1, 0.15) is 0 Å². The van der Waals surface area contributed by atoms with Crippen molar-refractivity contribution in [3.63, 3.8) is 0 Å². The number of fused-ring (bicyclic) bond motifs is 1. The number of allylic oxidation sites excluding steroid dienone is 1. The maximum Gasteiger partial charge on any atom is 0.263 e. The lowest BCUT2D eigenvalue weighted by Crippen LogP contribution is -2.21. The van der Waals surface area contributed by atoms with E-state index in [0.717, 1.165) is 21.5 Å². The maximum absolute atomic E-state index is 12.9. The second kappa shape index (κ2) is 6.86. The van der Waals surface area contributed by atoms with Crippen molar-refractivity contribution in [2.45, 2.75) is 6.54 Å². The first kappa shape index (κ1) is 16.7. The predicted molar refractivity (Wildman–Crippen MR) is 112 cm³/mol. The number of benzene rings is 2. The van der Waals surface area contributed by atoms with E-state index in [0.29, 0.717) is 16.7 Å². The van der Waals surface area contributed by atoms with E-state index in [1.54, 1.807) is 10.6 Å². The van der Waals surface area contributed by atoms with Crippen LogP contribution in [-0.2, 0) is 6.54 Å². The Morgan fingerprint density at radius 1 is 1.04 bits per heavy atom. The average molecular weight is 377 g/mol. The third kappa shape index (κ3) is 2.85. The number of thiophene rings is 1. The largest absolute Gasteiger partial charge is 0.323 e. The van der Waals surface area contributed by atoms with E-state index in [-0.39, 0.29) is 5.56 Å². The van der Waals surface area contributed by atoms with Crippen molar-refractivity contribution in [1.82, 2.24) is 9.55 Å². The van der Waals surface area contributed by atoms with Crippen LogP contribution in [0.25, 0.3) is 32.5 Å². The maximum atomic E-state index is 12.9. The molecule has 0 aliphatic heterocycles. The van der Waals surface area contributed by atoms with Crippen LogP contribution in [0.4, 0.5) is 0 Å². The van der Waals surface area contributed by atoms with E-state index in [9.17, 15) is 4.79 Å². The molecule has 0 unspecified atom stereocenters. The van der Waals surface area contributed by atoms with Gasteiger partial charge in [-0.3, -0.25) is 9.36 Å². The van der Waals surface area contributed by atoms with Gasteiger partial charge >= 0.3 is 0 Å². The van der Waals surface area contributed by atoms with Crippen molar-refractivity contribution in [3.8, 4) is 22.3 Å². The Labute approximate surface area is 159 Å². The van der Waals surface area contributed by atoms with Crippen LogP contribution in [0.2, 0.25) is 0 Å². The van der Waals surface area contributed by atoms with Crippen molar-refractivity contribution in [1.29, 1.82) is 0 Å². The van der Waals surface area contributed by atoms with Crippen LogP contribution in [0, 0.1) is 4.77 Å². The Morgan fingerprint density at radius 2 is 1.69 bits per heavy atom. The first-order chi connectivity index (χ1) is 12.7. The molecule has 2 aromatic carbocycles. The lowest BCUT2D eigenvalue weighted by atomic mass is 10.0. The van der Waals surface area contributed by atoms with Crippen LogP contribution in [0.5, 0.6) is 0 Å². The molecule has 3 nitrogen and oxygen atoms in total. The molecule has 0 bridgehead atoms. The van der Waals surface area contributed by atoms with E-state index < -0.39 is 0 Å². The molecule has 4 aromatic rings. The molecule has 0 aliphatic rings. The topological polar surface area (TPSA) is 37.8 Å². The highest BCUT2D eigenvalue weighted by molar-refractivity contribution is 7.71. The molecule has 5 heteroatoms. The Balaban J connectivity index is 1.85. The van der Waals surface area contributed by atoms with Crippen LogP contribution >= 0.6 is 23.6 Å². The molecule has 26 heavy (non-hydrogen) atoms. The lowest BCUT2D eigenvalue weighted by molar-refractivity contribution is 0.754. The van der Waals surface area contributed by atoms with Crippen molar-refractivity contribution in [2.24, 2.45) is 0 Å². The third-order valence-electron chi connectivity index (χ3n) is 4.33. The minimum atomic E-state index is -0.0768. The summed E-state index contributed by atoms with van der Waals surface area (Å²) in [5, 5.41) is 2.69. The van der Waals surface area contributed by atoms with Gasteiger partial charge in [-0.25, -0.2) is 0 Å². The molecule has 128 valence electrons. The number of hydrogen-bond donors (Lipinski definition) is 1. The van der Waals surface area contributed by atoms with Crippen molar-refractivity contribution in [3.05, 3.63) is 87.8 Å². The quantitative estimate of drug-likeness (QED) is 0.370. The normalized spacial score (nSPS) is 10.9. The van der Waals surface area contributed by atoms with Gasteiger partial charge in [-0.2, -0.15) is 0 Å². The molecule has 4 rings (SSSR count). The summed E-state index contributed by atoms with van der Waals surface area (Å²) in [6, 6.07) is 18.5. The fraction of sp³-hybridized carbons (Fsp3) is 0.0476. The summed E-state index contributed by atoms with van der Waals surface area (Å²) < 4.78 is 1.97. The fourth-order valence-electron chi connectivity index (χ4n) is 3.03. The number of rotatable bonds is 4. The smallest absolute Gasteiger partial charge is 0.263 e. The molecule has 0 atom stereocenters. The number of hydrogen-bond acceptors (Lipinski definition) is 3. The van der Waals surface area contributed by atoms with Crippen molar-refractivity contribution in [2.75, 3.05) is 0 Å². The van der Waals surface area contributed by atoms with Crippen molar-refractivity contribution < 1.29 is 0 Å². The van der Waals surface area contributed by atoms with Gasteiger partial charge in [0.25, 0.3) is 5.56 Å². The third-order valence-corrected chi connectivity index (χ3v) is 5.55. The second-order valence-corrected chi connectivity index (χ2v) is 7.20. The van der Waals surface area contributed by atoms with E-state index >= 15 is 0 Å². The van der Waals surface area contributed by atoms with E-state index in [2.05, 4.69) is 48.0 Å². The second-order valence-electron chi connectivity index (χ2n) is 5.93. The molecule has 0 saturated carbocycles. The minimum absolute atomic E-state index is 0.0768. The Bertz CT molecular complexity index is 1200. The van der Waals surface area contributed by atoms with Gasteiger partial charge < -0.3 is 4.98 Å². The van der Waals surface area contributed by atoms with Gasteiger partial charge in [0.15, 0.2) is 4.77 Å². The number of nitrogens with zero attached hydrogens (tertiary/aromatic N) is 1. The number of aromatic amines is 1. The number of aromatic nitrogens is 2. The van der Waals surface area contributed by atoms with Gasteiger partial charge in [0.05, 0.1) is 5.39 Å². The molecule has 0 saturated heterocycles. The van der Waals surface area contributed by atoms with E-state index in [4.69, 9.17) is 12.2 Å². The molecule has 0 aliphatic carbocycles. The zero-order valence-corrected chi connectivity index (χ0v) is 15.6. The zero-order valence-electron chi connectivity index (χ0n) is 13.9. The van der Waals surface area contributed by atoms with Gasteiger partial charge in [0.1, 0.15) is 4.83 Å². The van der Waals surface area contributed by atoms with Gasteiger partial charge in [-0.15, -0.1) is 17.9 Å². The molecule has 2 heterocycles. The van der Waals surface area contributed by atoms with E-state index in [1.165, 1.54) is 16.9 Å². The van der Waals surface area contributed by atoms with E-state index in [1.807, 2.05) is 23.6 Å². The highest BCUT2D eigenvalue weighted by Crippen LogP contribution is 2.32. The molecule has 0 radical (unpaired) electrons. The van der Waals surface area contributed by atoms with Gasteiger partial charge in [-0.1, -0.05) is 60.7 Å². The summed E-state index contributed by atoms with van der Waals surface area (Å²) in [6.07, 6.45) is 1.68. The Kier molecular flexibility index (Phi) is 4.41. The SMILES string of the molecule is C=CCn1c(=S)[nH]c2scc(-c3ccc(-c4ccccc4)cc3)c2c1=O. The van der Waals surface area contributed by atoms with Crippen LogP contribution < -0.4 is 5.56 Å². The summed E-state index contributed by atoms with van der Waals surface area (Å²) in [5.74, 6) is 0. The molecule has 1 N–H and O–H groups in total. The minimum Gasteiger partial charge on any atom is -0.323 e. The van der Waals surface area contributed by atoms with Gasteiger partial charge in [0, 0.05) is 17.5 Å². The highest BCUT2D eigenvalue weighted by Gasteiger charge is 2.13. The molecular formula is C21H16N2OS2. The summed E-state index contributed by atoms with van der Waals surface area (Å²) in [5.41, 5.74) is 4.19. The molecule has 2 aromatic heterocycles. The first-order valence-electron chi connectivity index (χ1n) is 8.20. The van der Waals surface area contributed by atoms with Gasteiger partial charge in [0.2, 0.25) is 0 Å². The first-order valence-corrected chi connectivity index (χ1v) is 9.49.